The molecule has 0 bridgehead atoms. The van der Waals surface area contributed by atoms with E-state index in [1.165, 1.54) is 61.3 Å². The number of fused-ring (bicyclic) bond motifs is 2. The van der Waals surface area contributed by atoms with E-state index in [2.05, 4.69) is 63.1 Å². The largest absolute Gasteiger partial charge is 1.00 e. The summed E-state index contributed by atoms with van der Waals surface area (Å²) in [6.07, 6.45) is -6.57. The van der Waals surface area contributed by atoms with E-state index in [-0.39, 0.29) is 47.2 Å². The summed E-state index contributed by atoms with van der Waals surface area (Å²) in [5.41, 5.74) is 2.79. The molecule has 0 spiro atoms. The predicted octanol–water partition coefficient (Wildman–Crippen LogP) is -5.26. The Hall–Kier alpha value is -6.41. The first-order valence-electron chi connectivity index (χ1n) is 27.8. The fraction of sp³-hybridized carbons (Fsp3) is 0.500. The maximum atomic E-state index is 14.6. The summed E-state index contributed by atoms with van der Waals surface area (Å²) in [4.78, 5) is 105. The van der Waals surface area contributed by atoms with Crippen molar-refractivity contribution in [3.8, 4) is 26.9 Å². The predicted molar refractivity (Wildman–Crippen MR) is 300 cm³/mol. The summed E-state index contributed by atoms with van der Waals surface area (Å²) in [5, 5.41) is 114. The van der Waals surface area contributed by atoms with Gasteiger partial charge in [0.2, 0.25) is 53.1 Å². The molecule has 0 radical (unpaired) electrons. The number of aromatic nitrogens is 2. The molecule has 8 rings (SSSR count). The van der Waals surface area contributed by atoms with Crippen LogP contribution in [0.2, 0.25) is 0 Å². The molecule has 8 unspecified atom stereocenters. The van der Waals surface area contributed by atoms with Crippen LogP contribution in [0.3, 0.4) is 0 Å². The topological polar surface area (TPSA) is 416 Å². The average Bonchev–Trinajstić information content (AvgIpc) is 2.30. The van der Waals surface area contributed by atoms with Crippen molar-refractivity contribution in [1.82, 2.24) is 46.6 Å². The molecule has 3 aliphatic heterocycles. The van der Waals surface area contributed by atoms with Crippen molar-refractivity contribution < 1.29 is 118 Å². The van der Waals surface area contributed by atoms with Gasteiger partial charge >= 0.3 is 29.6 Å². The normalized spacial score (nSPS) is 26.9. The summed E-state index contributed by atoms with van der Waals surface area (Å²) in [5.74, 6) is -9.13. The summed E-state index contributed by atoms with van der Waals surface area (Å²) < 4.78 is 16.6. The molecule has 87 heavy (non-hydrogen) atoms. The van der Waals surface area contributed by atoms with Crippen LogP contribution in [0, 0.1) is 12.5 Å². The molecule has 4 heterocycles. The Morgan fingerprint density at radius 3 is 2.06 bits per heavy atom. The second-order valence-electron chi connectivity index (χ2n) is 22.0. The Kier molecular flexibility index (Phi) is 24.0. The minimum Gasteiger partial charge on any atom is -0.691 e. The maximum absolute atomic E-state index is 14.6. The number of aliphatic hydroxyl groups is 6. The smallest absolute Gasteiger partial charge is 0.691 e. The molecule has 4 aromatic rings. The van der Waals surface area contributed by atoms with Gasteiger partial charge in [0.1, 0.15) is 56.9 Å². The monoisotopic (exact) mass is 1250 g/mol. The van der Waals surface area contributed by atoms with E-state index in [4.69, 9.17) is 6.57 Å². The van der Waals surface area contributed by atoms with Crippen LogP contribution < -0.4 is 61.4 Å². The number of rotatable bonds is 14. The van der Waals surface area contributed by atoms with Gasteiger partial charge in [0.15, 0.2) is 6.10 Å². The summed E-state index contributed by atoms with van der Waals surface area (Å²) in [6, 6.07) is 6.01. The van der Waals surface area contributed by atoms with Gasteiger partial charge in [-0.1, -0.05) is 80.0 Å². The number of carbonyl (C=O) groups excluding carboxylic acids is 7. The van der Waals surface area contributed by atoms with Crippen LogP contribution in [0.4, 0.5) is 0 Å². The number of β-amino-alcohol motifs (C(OH)–C–C–N with tert-alkyl or cyclic N) is 1. The molecular weight excluding hydrogens is 1190 g/mol. The zero-order chi connectivity index (χ0) is 62.1. The van der Waals surface area contributed by atoms with Crippen molar-refractivity contribution in [2.24, 2.45) is 5.92 Å². The van der Waals surface area contributed by atoms with Crippen LogP contribution in [0.1, 0.15) is 86.2 Å². The number of hydrogen-bond donors (Lipinski definition) is 12. The molecular formula is C56H67N10NaO18S2. The van der Waals surface area contributed by atoms with Crippen molar-refractivity contribution >= 4 is 63.8 Å². The van der Waals surface area contributed by atoms with Crippen LogP contribution >= 0.6 is 11.3 Å². The first-order chi connectivity index (χ1) is 41.1. The summed E-state index contributed by atoms with van der Waals surface area (Å²) >= 11 is -1.39. The molecule has 28 nitrogen and oxygen atoms in total. The molecule has 7 amide bonds. The average molecular weight is 1260 g/mol. The number of phenolic OH excluding ortho intramolecular Hbond substituents is 1. The van der Waals surface area contributed by atoms with Gasteiger partial charge in [-0.2, -0.15) is 0 Å². The molecule has 3 aromatic carbocycles. The van der Waals surface area contributed by atoms with E-state index in [1.807, 2.05) is 12.1 Å². The molecule has 1 saturated carbocycles. The van der Waals surface area contributed by atoms with Gasteiger partial charge in [-0.3, -0.25) is 38.6 Å². The molecule has 12 N–H and O–H groups in total. The fourth-order valence-corrected chi connectivity index (χ4v) is 12.6. The van der Waals surface area contributed by atoms with Crippen LogP contribution in [-0.2, 0) is 55.6 Å². The number of nitrogens with zero attached hydrogens (tertiary/aromatic N) is 5. The molecule has 3 saturated heterocycles. The third-order valence-corrected chi connectivity index (χ3v) is 17.7. The Balaban J connectivity index is 0.0000108. The van der Waals surface area contributed by atoms with Crippen molar-refractivity contribution in [2.75, 3.05) is 26.2 Å². The first-order valence-corrected chi connectivity index (χ1v) is 29.7. The second kappa shape index (κ2) is 30.7. The first kappa shape index (κ1) is 68.1. The second-order valence-corrected chi connectivity index (χ2v) is 24.0. The van der Waals surface area contributed by atoms with Gasteiger partial charge in [-0.25, -0.2) is 10.8 Å². The third-order valence-electron chi connectivity index (χ3n) is 15.8. The molecule has 4 fully saturated rings. The fourth-order valence-electron chi connectivity index (χ4n) is 11.2. The van der Waals surface area contributed by atoms with Crippen LogP contribution in [0.25, 0.3) is 26.0 Å². The number of phenols is 1. The zero-order valence-corrected chi connectivity index (χ0v) is 51.2. The van der Waals surface area contributed by atoms with Gasteiger partial charge in [-0.15, -0.1) is 14.5 Å². The molecule has 1 aliphatic carbocycles. The SMILES string of the molecule is [C-]#[N+]C[C@@H](O)[C@@H]1NC(=O)C([C@H](O)Cc2ccc(O)c(S(=O)OO[O-])c2)NC(=O)C2CC(O)CN2C(=O)C(C(C)O)NC(=O)[C@@H](NC(=O)c2ccc(-c3nnc(-c4ccc(C5CCCCC5)cc4)s3)cc2)C[C@H](O)CNC(=O)C2[C@@H](O)C(C)CN2C1=O.[Na+]. The summed E-state index contributed by atoms with van der Waals surface area (Å²) in [6.45, 7) is 7.52. The third kappa shape index (κ3) is 16.5. The molecule has 31 heteroatoms. The van der Waals surface area contributed by atoms with Gasteiger partial charge in [0.05, 0.1) is 30.5 Å². The quantitative estimate of drug-likeness (QED) is 0.0243. The molecule has 1 aromatic heterocycles. The van der Waals surface area contributed by atoms with E-state index in [0.717, 1.165) is 47.3 Å². The van der Waals surface area contributed by atoms with E-state index in [0.29, 0.717) is 21.5 Å². The van der Waals surface area contributed by atoms with Crippen LogP contribution in [0.5, 0.6) is 5.75 Å². The molecule has 4 aliphatic rings. The number of carbonyl (C=O) groups is 7. The Morgan fingerprint density at radius 1 is 0.805 bits per heavy atom. The van der Waals surface area contributed by atoms with Crippen LogP contribution in [0.15, 0.2) is 71.6 Å². The number of nitrogens with one attached hydrogen (secondary N) is 5. The van der Waals surface area contributed by atoms with Crippen molar-refractivity contribution in [3.63, 3.8) is 0 Å². The minimum atomic E-state index is -2.73. The zero-order valence-electron chi connectivity index (χ0n) is 47.6. The van der Waals surface area contributed by atoms with Gasteiger partial charge in [0, 0.05) is 61.5 Å². The van der Waals surface area contributed by atoms with Gasteiger partial charge < -0.3 is 82.2 Å². The van der Waals surface area contributed by atoms with E-state index >= 15 is 0 Å². The number of hydrogen-bond acceptors (Lipinski definition) is 21. The standard InChI is InChI=1S/C56H68N10O18S2.Na/c1-27-25-66-46(47(27)73)52(78)58-23-35(68)21-37(59-48(74)32-12-16-34(17-13-32)54-64-63-53(85-54)33-14-10-31(11-15-33)30-7-5-4-6-8-30)49(75)60-43(28(2)67)55(79)65-26-36(69)22-38(65)50(76)61-44(51(77)62-45(56(66)80)41(72)24-57-3)40(71)19-29-9-18-39(70)42(20-29)86(82)84-83-81;/h9-18,20,27-28,30,35-38,40-41,43-47,67-73,81H,4-8,19,21-26H2,1-2H3,(H,58,78)(H,59,74)(H,60,75)(H,61,76)(H,62,77);/q;+1/p-1/t27?,28?,35-,36?,37-,38?,40+,41+,43?,44?,45-,46?,47-,86?;/m0./s1. The van der Waals surface area contributed by atoms with E-state index in [1.54, 1.807) is 12.1 Å². The number of amides is 7. The van der Waals surface area contributed by atoms with Crippen molar-refractivity contribution in [1.29, 1.82) is 0 Å². The van der Waals surface area contributed by atoms with Crippen molar-refractivity contribution in [3.05, 3.63) is 94.8 Å². The number of benzene rings is 3. The minimum absolute atomic E-state index is 0. The summed E-state index contributed by atoms with van der Waals surface area (Å²) in [7, 11) is 0. The van der Waals surface area contributed by atoms with Crippen molar-refractivity contribution in [2.45, 2.75) is 149 Å². The maximum Gasteiger partial charge on any atom is 1.00 e. The van der Waals surface area contributed by atoms with Gasteiger partial charge in [0.25, 0.3) is 5.91 Å². The van der Waals surface area contributed by atoms with E-state index < -0.39 is 181 Å². The number of aromatic hydroxyl groups is 1. The number of aliphatic hydroxyl groups excluding tert-OH is 6. The Bertz CT molecular complexity index is 3190. The Labute approximate surface area is 527 Å². The van der Waals surface area contributed by atoms with E-state index in [9.17, 15) is 78.8 Å². The van der Waals surface area contributed by atoms with Gasteiger partial charge in [-0.05, 0) is 61.1 Å². The Morgan fingerprint density at radius 2 is 1.43 bits per heavy atom. The molecule has 462 valence electrons. The molecule has 14 atom stereocenters. The van der Waals surface area contributed by atoms with Crippen LogP contribution in [-0.4, -0.2) is 200 Å².